The lowest BCUT2D eigenvalue weighted by atomic mass is 9.83. The van der Waals surface area contributed by atoms with Crippen LogP contribution in [0, 0.1) is 0 Å². The maximum atomic E-state index is 10.4. The van der Waals surface area contributed by atoms with Crippen molar-refractivity contribution in [2.45, 2.75) is 63.7 Å². The van der Waals surface area contributed by atoms with Gasteiger partial charge in [-0.1, -0.05) is 45.9 Å². The Labute approximate surface area is 138 Å². The van der Waals surface area contributed by atoms with Crippen LogP contribution in [0.5, 0.6) is 5.75 Å². The molecule has 0 heterocycles. The van der Waals surface area contributed by atoms with Gasteiger partial charge in [0.25, 0.3) is 0 Å². The van der Waals surface area contributed by atoms with Gasteiger partial charge in [0.2, 0.25) is 0 Å². The molecule has 118 valence electrons. The van der Waals surface area contributed by atoms with Crippen LogP contribution in [0.4, 0.5) is 0 Å². The third-order valence-electron chi connectivity index (χ3n) is 5.12. The third kappa shape index (κ3) is 2.40. The van der Waals surface area contributed by atoms with Gasteiger partial charge >= 0.3 is 0 Å². The molecule has 1 N–H and O–H groups in total. The first-order chi connectivity index (χ1) is 10.2. The molecule has 0 fully saturated rings. The summed E-state index contributed by atoms with van der Waals surface area (Å²) in [6.45, 7) is 11.0. The molecule has 2 heteroatoms. The first-order valence-electron chi connectivity index (χ1n) is 8.14. The highest BCUT2D eigenvalue weighted by Crippen LogP contribution is 2.50. The number of aromatic hydroxyl groups is 1. The van der Waals surface area contributed by atoms with Crippen LogP contribution >= 0.6 is 11.6 Å². The number of hydrogen-bond acceptors (Lipinski definition) is 1. The summed E-state index contributed by atoms with van der Waals surface area (Å²) in [6, 6.07) is 8.41. The molecule has 0 amide bonds. The van der Waals surface area contributed by atoms with Crippen molar-refractivity contribution < 1.29 is 5.11 Å². The van der Waals surface area contributed by atoms with E-state index < -0.39 is 0 Å². The van der Waals surface area contributed by atoms with Gasteiger partial charge in [0.05, 0.1) is 0 Å². The third-order valence-corrected chi connectivity index (χ3v) is 5.42. The van der Waals surface area contributed by atoms with E-state index in [0.717, 1.165) is 11.8 Å². The predicted octanol–water partition coefficient (Wildman–Crippen LogP) is 6.06. The summed E-state index contributed by atoms with van der Waals surface area (Å²) in [5.74, 6) is 1.21. The molecule has 1 aliphatic carbocycles. The Bertz CT molecular complexity index is 725. The Morgan fingerprint density at radius 2 is 1.86 bits per heavy atom. The van der Waals surface area contributed by atoms with E-state index in [9.17, 15) is 5.11 Å². The monoisotopic (exact) mass is 316 g/mol. The zero-order valence-corrected chi connectivity index (χ0v) is 14.8. The van der Waals surface area contributed by atoms with Gasteiger partial charge in [-0.2, -0.15) is 0 Å². The highest BCUT2D eigenvalue weighted by Gasteiger charge is 2.34. The summed E-state index contributed by atoms with van der Waals surface area (Å²) < 4.78 is 0. The molecule has 22 heavy (non-hydrogen) atoms. The number of benzene rings is 2. The number of rotatable bonds is 1. The van der Waals surface area contributed by atoms with Crippen molar-refractivity contribution in [1.29, 1.82) is 0 Å². The predicted molar refractivity (Wildman–Crippen MR) is 95.4 cm³/mol. The van der Waals surface area contributed by atoms with Crippen LogP contribution < -0.4 is 0 Å². The molecule has 3 unspecified atom stereocenters. The highest BCUT2D eigenvalue weighted by molar-refractivity contribution is 6.21. The number of phenolic OH excluding ortho intramolecular Hbond substituents is 1. The maximum absolute atomic E-state index is 10.4. The normalized spacial score (nSPS) is 22.8. The lowest BCUT2D eigenvalue weighted by Crippen LogP contribution is -2.11. The van der Waals surface area contributed by atoms with E-state index in [4.69, 9.17) is 11.6 Å². The zero-order chi connectivity index (χ0) is 16.2. The van der Waals surface area contributed by atoms with E-state index in [0.29, 0.717) is 17.6 Å². The molecule has 3 rings (SSSR count). The molecule has 0 spiro atoms. The standard InChI is InChI=1S/C20H25ClO/c1-11-8-16(12(2)21)19-15(11)10-18(22)14-7-6-13(9-17(14)19)20(3,4)5/h6-7,9-12,16,22H,8H2,1-5H3. The van der Waals surface area contributed by atoms with E-state index in [-0.39, 0.29) is 10.8 Å². The van der Waals surface area contributed by atoms with Crippen molar-refractivity contribution in [1.82, 2.24) is 0 Å². The fraction of sp³-hybridized carbons (Fsp3) is 0.500. The van der Waals surface area contributed by atoms with Gasteiger partial charge in [0.1, 0.15) is 5.75 Å². The Hall–Kier alpha value is -1.21. The lowest BCUT2D eigenvalue weighted by molar-refractivity contribution is 0.480. The van der Waals surface area contributed by atoms with Crippen LogP contribution in [0.15, 0.2) is 24.3 Å². The Morgan fingerprint density at radius 3 is 2.45 bits per heavy atom. The van der Waals surface area contributed by atoms with Crippen molar-refractivity contribution in [3.05, 3.63) is 41.0 Å². The van der Waals surface area contributed by atoms with Crippen molar-refractivity contribution in [3.8, 4) is 5.75 Å². The number of phenols is 1. The second kappa shape index (κ2) is 5.16. The van der Waals surface area contributed by atoms with Gasteiger partial charge in [-0.15, -0.1) is 11.6 Å². The van der Waals surface area contributed by atoms with Crippen LogP contribution in [0.2, 0.25) is 0 Å². The largest absolute Gasteiger partial charge is 0.507 e. The van der Waals surface area contributed by atoms with Crippen molar-refractivity contribution >= 4 is 22.4 Å². The van der Waals surface area contributed by atoms with Crippen LogP contribution in [0.1, 0.15) is 69.6 Å². The summed E-state index contributed by atoms with van der Waals surface area (Å²) in [6.07, 6.45) is 1.07. The van der Waals surface area contributed by atoms with Crippen molar-refractivity contribution in [3.63, 3.8) is 0 Å². The van der Waals surface area contributed by atoms with Crippen LogP contribution in [-0.2, 0) is 5.41 Å². The van der Waals surface area contributed by atoms with Gasteiger partial charge in [-0.05, 0) is 52.8 Å². The van der Waals surface area contributed by atoms with Gasteiger partial charge < -0.3 is 5.11 Å². The molecule has 1 nitrogen and oxygen atoms in total. The average molecular weight is 317 g/mol. The number of hydrogen-bond donors (Lipinski definition) is 1. The molecule has 0 aromatic heterocycles. The molecule has 0 aliphatic heterocycles. The quantitative estimate of drug-likeness (QED) is 0.634. The Morgan fingerprint density at radius 1 is 1.18 bits per heavy atom. The molecule has 2 aromatic carbocycles. The minimum Gasteiger partial charge on any atom is -0.507 e. The molecule has 0 saturated heterocycles. The highest BCUT2D eigenvalue weighted by atomic mass is 35.5. The van der Waals surface area contributed by atoms with Gasteiger partial charge in [0.15, 0.2) is 0 Å². The lowest BCUT2D eigenvalue weighted by Gasteiger charge is -2.22. The smallest absolute Gasteiger partial charge is 0.123 e. The second-order valence-electron chi connectivity index (χ2n) is 7.83. The molecule has 0 radical (unpaired) electrons. The molecule has 0 saturated carbocycles. The molecule has 2 aromatic rings. The summed E-state index contributed by atoms with van der Waals surface area (Å²) in [7, 11) is 0. The number of halogens is 1. The van der Waals surface area contributed by atoms with E-state index in [1.165, 1.54) is 22.1 Å². The topological polar surface area (TPSA) is 20.2 Å². The van der Waals surface area contributed by atoms with Crippen LogP contribution in [-0.4, -0.2) is 10.5 Å². The Kier molecular flexibility index (Phi) is 3.68. The first kappa shape index (κ1) is 15.7. The fourth-order valence-electron chi connectivity index (χ4n) is 3.78. The second-order valence-corrected chi connectivity index (χ2v) is 8.52. The summed E-state index contributed by atoms with van der Waals surface area (Å²) >= 11 is 6.48. The SMILES string of the molecule is CC1CC(C(C)Cl)c2c1cc(O)c1ccc(C(C)(C)C)cc21. The molecular weight excluding hydrogens is 292 g/mol. The molecule has 0 bridgehead atoms. The fourth-order valence-corrected chi connectivity index (χ4v) is 4.01. The van der Waals surface area contributed by atoms with E-state index in [1.807, 2.05) is 6.07 Å². The average Bonchev–Trinajstić information content (AvgIpc) is 2.75. The summed E-state index contributed by atoms with van der Waals surface area (Å²) in [5.41, 5.74) is 4.02. The summed E-state index contributed by atoms with van der Waals surface area (Å²) in [4.78, 5) is 0. The van der Waals surface area contributed by atoms with E-state index in [1.54, 1.807) is 0 Å². The van der Waals surface area contributed by atoms with E-state index >= 15 is 0 Å². The van der Waals surface area contributed by atoms with E-state index in [2.05, 4.69) is 52.8 Å². The first-order valence-corrected chi connectivity index (χ1v) is 8.58. The van der Waals surface area contributed by atoms with Crippen molar-refractivity contribution in [2.75, 3.05) is 0 Å². The maximum Gasteiger partial charge on any atom is 0.123 e. The van der Waals surface area contributed by atoms with Gasteiger partial charge in [-0.25, -0.2) is 0 Å². The number of alkyl halides is 1. The van der Waals surface area contributed by atoms with Gasteiger partial charge in [-0.3, -0.25) is 0 Å². The van der Waals surface area contributed by atoms with Crippen LogP contribution in [0.25, 0.3) is 10.8 Å². The Balaban J connectivity index is 2.35. The van der Waals surface area contributed by atoms with Crippen molar-refractivity contribution in [2.24, 2.45) is 0 Å². The molecular formula is C20H25ClO. The molecule has 3 atom stereocenters. The molecule has 1 aliphatic rings. The minimum atomic E-state index is 0.0961. The van der Waals surface area contributed by atoms with Gasteiger partial charge in [0, 0.05) is 16.7 Å². The summed E-state index contributed by atoms with van der Waals surface area (Å²) in [5, 5.41) is 12.7. The minimum absolute atomic E-state index is 0.0961. The number of fused-ring (bicyclic) bond motifs is 3. The van der Waals surface area contributed by atoms with Crippen LogP contribution in [0.3, 0.4) is 0 Å². The zero-order valence-electron chi connectivity index (χ0n) is 14.1.